The van der Waals surface area contributed by atoms with Crippen LogP contribution in [0.5, 0.6) is 5.75 Å². The second kappa shape index (κ2) is 9.55. The molecule has 7 nitrogen and oxygen atoms in total. The number of benzene rings is 2. The molecule has 4 aromatic rings. The maximum atomic E-state index is 12.6. The fourth-order valence-corrected chi connectivity index (χ4v) is 3.48. The molecule has 0 bridgehead atoms. The van der Waals surface area contributed by atoms with E-state index in [1.807, 2.05) is 24.3 Å². The minimum Gasteiger partial charge on any atom is -0.471 e. The van der Waals surface area contributed by atoms with Gasteiger partial charge in [0, 0.05) is 22.4 Å². The van der Waals surface area contributed by atoms with Gasteiger partial charge in [0.1, 0.15) is 5.75 Å². The number of hydrogen-bond acceptors (Lipinski definition) is 4. The van der Waals surface area contributed by atoms with E-state index in [2.05, 4.69) is 31.4 Å². The van der Waals surface area contributed by atoms with Crippen molar-refractivity contribution in [2.75, 3.05) is 5.32 Å². The Kier molecular flexibility index (Phi) is 6.60. The zero-order valence-corrected chi connectivity index (χ0v) is 19.1. The van der Waals surface area contributed by atoms with Crippen molar-refractivity contribution in [1.82, 2.24) is 19.6 Å². The lowest BCUT2D eigenvalue weighted by Gasteiger charge is -2.06. The van der Waals surface area contributed by atoms with Gasteiger partial charge in [-0.25, -0.2) is 4.68 Å². The van der Waals surface area contributed by atoms with Crippen LogP contribution in [0.3, 0.4) is 0 Å². The van der Waals surface area contributed by atoms with Gasteiger partial charge in [-0.15, -0.1) is 0 Å². The number of carbonyl (C=O) groups excluding carboxylic acids is 1. The molecule has 0 atom stereocenters. The Morgan fingerprint density at radius 1 is 1.03 bits per heavy atom. The number of amides is 1. The van der Waals surface area contributed by atoms with Gasteiger partial charge in [-0.05, 0) is 57.9 Å². The van der Waals surface area contributed by atoms with Crippen LogP contribution < -0.4 is 10.1 Å². The van der Waals surface area contributed by atoms with Gasteiger partial charge in [0.2, 0.25) is 0 Å². The van der Waals surface area contributed by atoms with E-state index in [9.17, 15) is 4.79 Å². The highest BCUT2D eigenvalue weighted by Gasteiger charge is 2.15. The Morgan fingerprint density at radius 3 is 2.61 bits per heavy atom. The van der Waals surface area contributed by atoms with Crippen molar-refractivity contribution >= 4 is 50.9 Å². The molecule has 2 aromatic carbocycles. The predicted octanol–water partition coefficient (Wildman–Crippen LogP) is 5.49. The molecule has 1 amide bonds. The molecule has 0 aliphatic heterocycles. The van der Waals surface area contributed by atoms with E-state index in [-0.39, 0.29) is 18.3 Å². The number of hydrogen-bond donors (Lipinski definition) is 1. The van der Waals surface area contributed by atoms with E-state index >= 15 is 0 Å². The van der Waals surface area contributed by atoms with Crippen LogP contribution in [-0.2, 0) is 13.3 Å². The number of nitrogens with one attached hydrogen (secondary N) is 1. The number of rotatable bonds is 7. The summed E-state index contributed by atoms with van der Waals surface area (Å²) in [6.45, 7) is 0.689. The molecule has 0 radical (unpaired) electrons. The molecule has 0 fully saturated rings. The van der Waals surface area contributed by atoms with Crippen molar-refractivity contribution in [3.05, 3.63) is 92.8 Å². The lowest BCUT2D eigenvalue weighted by atomic mass is 10.2. The summed E-state index contributed by atoms with van der Waals surface area (Å²) >= 11 is 15.3. The maximum Gasteiger partial charge on any atom is 0.277 e. The zero-order valence-electron chi connectivity index (χ0n) is 16.0. The van der Waals surface area contributed by atoms with Gasteiger partial charge in [0.15, 0.2) is 18.2 Å². The number of carbonyl (C=O) groups is 1. The molecule has 0 unspecified atom stereocenters. The Labute approximate surface area is 196 Å². The molecule has 0 aliphatic rings. The Bertz CT molecular complexity index is 1210. The van der Waals surface area contributed by atoms with Gasteiger partial charge in [-0.1, -0.05) is 41.4 Å². The molecule has 0 spiro atoms. The summed E-state index contributed by atoms with van der Waals surface area (Å²) in [4.78, 5) is 12.6. The first-order valence-electron chi connectivity index (χ1n) is 9.17. The normalized spacial score (nSPS) is 10.8. The van der Waals surface area contributed by atoms with Crippen LogP contribution in [0.4, 0.5) is 5.82 Å². The third-order valence-corrected chi connectivity index (χ3v) is 5.31. The van der Waals surface area contributed by atoms with Gasteiger partial charge in [0.05, 0.1) is 11.0 Å². The summed E-state index contributed by atoms with van der Waals surface area (Å²) < 4.78 is 9.53. The first-order chi connectivity index (χ1) is 15.0. The number of ether oxygens (including phenoxy) is 1. The van der Waals surface area contributed by atoms with E-state index in [1.165, 1.54) is 4.68 Å². The second-order valence-corrected chi connectivity index (χ2v) is 8.30. The highest BCUT2D eigenvalue weighted by molar-refractivity contribution is 9.10. The van der Waals surface area contributed by atoms with Crippen LogP contribution in [-0.4, -0.2) is 25.5 Å². The molecular weight excluding hydrogens is 505 g/mol. The van der Waals surface area contributed by atoms with Gasteiger partial charge in [0.25, 0.3) is 5.91 Å². The van der Waals surface area contributed by atoms with Crippen molar-refractivity contribution in [3.8, 4) is 5.75 Å². The Balaban J connectivity index is 1.37. The van der Waals surface area contributed by atoms with Crippen LogP contribution in [0.15, 0.2) is 71.5 Å². The molecule has 1 N–H and O–H groups in total. The van der Waals surface area contributed by atoms with Crippen LogP contribution in [0.25, 0.3) is 0 Å². The zero-order chi connectivity index (χ0) is 21.8. The summed E-state index contributed by atoms with van der Waals surface area (Å²) in [7, 11) is 0. The first-order valence-corrected chi connectivity index (χ1v) is 10.7. The van der Waals surface area contributed by atoms with Crippen LogP contribution in [0, 0.1) is 0 Å². The minimum atomic E-state index is -0.376. The Morgan fingerprint density at radius 2 is 1.84 bits per heavy atom. The van der Waals surface area contributed by atoms with E-state index in [4.69, 9.17) is 27.9 Å². The van der Waals surface area contributed by atoms with Gasteiger partial charge in [-0.2, -0.15) is 10.2 Å². The summed E-state index contributed by atoms with van der Waals surface area (Å²) in [5.41, 5.74) is 1.28. The highest BCUT2D eigenvalue weighted by atomic mass is 79.9. The number of anilines is 1. The fraction of sp³-hybridized carbons (Fsp3) is 0.0952. The molecule has 2 aromatic heterocycles. The molecule has 4 rings (SSSR count). The molecule has 158 valence electrons. The van der Waals surface area contributed by atoms with Crippen molar-refractivity contribution in [3.63, 3.8) is 0 Å². The molecule has 2 heterocycles. The van der Waals surface area contributed by atoms with Crippen molar-refractivity contribution in [1.29, 1.82) is 0 Å². The van der Waals surface area contributed by atoms with Crippen molar-refractivity contribution in [2.45, 2.75) is 13.3 Å². The largest absolute Gasteiger partial charge is 0.471 e. The van der Waals surface area contributed by atoms with Gasteiger partial charge in [-0.3, -0.25) is 9.48 Å². The number of aromatic nitrogens is 4. The van der Waals surface area contributed by atoms with Crippen LogP contribution in [0.2, 0.25) is 10.0 Å². The SMILES string of the molecule is O=C(Nc1nn(Cc2ccc(Cl)cc2)cc1Br)c1ccn(COc2cccc(Cl)c2)n1. The molecule has 0 saturated carbocycles. The van der Waals surface area contributed by atoms with E-state index in [0.717, 1.165) is 5.56 Å². The quantitative estimate of drug-likeness (QED) is 0.350. The van der Waals surface area contributed by atoms with Gasteiger partial charge < -0.3 is 10.1 Å². The minimum absolute atomic E-state index is 0.146. The lowest BCUT2D eigenvalue weighted by molar-refractivity contribution is 0.101. The highest BCUT2D eigenvalue weighted by Crippen LogP contribution is 2.22. The van der Waals surface area contributed by atoms with Crippen molar-refractivity contribution < 1.29 is 9.53 Å². The van der Waals surface area contributed by atoms with Crippen LogP contribution in [0.1, 0.15) is 16.1 Å². The smallest absolute Gasteiger partial charge is 0.277 e. The average Bonchev–Trinajstić information content (AvgIpc) is 3.35. The lowest BCUT2D eigenvalue weighted by Crippen LogP contribution is -2.15. The number of halogens is 3. The maximum absolute atomic E-state index is 12.6. The first kappa shape index (κ1) is 21.4. The topological polar surface area (TPSA) is 74.0 Å². The third-order valence-electron chi connectivity index (χ3n) is 4.24. The molecular formula is C21H16BrCl2N5O2. The summed E-state index contributed by atoms with van der Waals surface area (Å²) in [5, 5.41) is 12.7. The Hall–Kier alpha value is -2.81. The summed E-state index contributed by atoms with van der Waals surface area (Å²) in [6.07, 6.45) is 3.45. The predicted molar refractivity (Wildman–Crippen MR) is 123 cm³/mol. The van der Waals surface area contributed by atoms with Gasteiger partial charge >= 0.3 is 0 Å². The molecule has 0 saturated heterocycles. The van der Waals surface area contributed by atoms with Crippen LogP contribution >= 0.6 is 39.1 Å². The van der Waals surface area contributed by atoms with Crippen molar-refractivity contribution in [2.24, 2.45) is 0 Å². The average molecular weight is 521 g/mol. The monoisotopic (exact) mass is 519 g/mol. The standard InChI is InChI=1S/C21H16BrCl2N5O2/c22-18-12-29(11-14-4-6-15(23)7-5-14)27-20(18)25-21(30)19-8-9-28(26-19)13-31-17-3-1-2-16(24)10-17/h1-10,12H,11,13H2,(H,25,27,30). The second-order valence-electron chi connectivity index (χ2n) is 6.58. The summed E-state index contributed by atoms with van der Waals surface area (Å²) in [6, 6.07) is 16.2. The van der Waals surface area contributed by atoms with E-state index in [1.54, 1.807) is 47.4 Å². The van der Waals surface area contributed by atoms with E-state index in [0.29, 0.717) is 32.6 Å². The molecule has 0 aliphatic carbocycles. The summed E-state index contributed by atoms with van der Waals surface area (Å²) in [5.74, 6) is 0.645. The third kappa shape index (κ3) is 5.66. The molecule has 31 heavy (non-hydrogen) atoms. The number of nitrogens with zero attached hydrogens (tertiary/aromatic N) is 4. The fourth-order valence-electron chi connectivity index (χ4n) is 2.76. The van der Waals surface area contributed by atoms with E-state index < -0.39 is 0 Å². The molecule has 10 heteroatoms.